The van der Waals surface area contributed by atoms with E-state index in [9.17, 15) is 9.59 Å². The Hall–Kier alpha value is -1.06. The summed E-state index contributed by atoms with van der Waals surface area (Å²) >= 11 is 0. The topological polar surface area (TPSA) is 83.0 Å². The summed E-state index contributed by atoms with van der Waals surface area (Å²) in [5.74, 6) is 0.582. The van der Waals surface area contributed by atoms with Crippen LogP contribution >= 0.6 is 24.0 Å². The van der Waals surface area contributed by atoms with Gasteiger partial charge >= 0.3 is 5.97 Å². The summed E-state index contributed by atoms with van der Waals surface area (Å²) in [7, 11) is 3.45. The molecule has 1 aliphatic carbocycles. The zero-order valence-electron chi connectivity index (χ0n) is 15.8. The van der Waals surface area contributed by atoms with Crippen molar-refractivity contribution in [1.29, 1.82) is 0 Å². The normalized spacial score (nSPS) is 20.2. The van der Waals surface area contributed by atoms with E-state index in [4.69, 9.17) is 4.74 Å². The van der Waals surface area contributed by atoms with Gasteiger partial charge in [-0.1, -0.05) is 6.92 Å². The molecule has 1 saturated carbocycles. The molecule has 0 saturated heterocycles. The molecule has 0 aromatic carbocycles. The highest BCUT2D eigenvalue weighted by molar-refractivity contribution is 14.0. The molecular formula is C17H33IN4O3. The number of likely N-dealkylation sites (N-methyl/N-ethyl adjacent to an activating group) is 1. The molecule has 0 aromatic heterocycles. The first-order valence-corrected chi connectivity index (χ1v) is 8.89. The van der Waals surface area contributed by atoms with Crippen LogP contribution in [0, 0.1) is 5.92 Å². The lowest BCUT2D eigenvalue weighted by Gasteiger charge is -2.29. The van der Waals surface area contributed by atoms with Gasteiger partial charge in [-0.15, -0.1) is 24.0 Å². The summed E-state index contributed by atoms with van der Waals surface area (Å²) in [6, 6.07) is 0.272. The van der Waals surface area contributed by atoms with Crippen LogP contribution in [-0.4, -0.2) is 62.6 Å². The first kappa shape index (κ1) is 23.9. The van der Waals surface area contributed by atoms with Gasteiger partial charge in [-0.2, -0.15) is 0 Å². The molecule has 1 amide bonds. The molecule has 1 fully saturated rings. The predicted molar refractivity (Wildman–Crippen MR) is 110 cm³/mol. The molecule has 0 heterocycles. The zero-order valence-corrected chi connectivity index (χ0v) is 18.2. The van der Waals surface area contributed by atoms with Gasteiger partial charge < -0.3 is 20.3 Å². The van der Waals surface area contributed by atoms with Crippen molar-refractivity contribution in [2.24, 2.45) is 10.9 Å². The van der Waals surface area contributed by atoms with E-state index in [1.165, 1.54) is 4.90 Å². The van der Waals surface area contributed by atoms with Crippen LogP contribution in [0.5, 0.6) is 0 Å². The quantitative estimate of drug-likeness (QED) is 0.258. The van der Waals surface area contributed by atoms with Crippen LogP contribution < -0.4 is 10.6 Å². The number of hydrogen-bond acceptors (Lipinski definition) is 4. The molecule has 8 heteroatoms. The first-order chi connectivity index (χ1) is 11.5. The number of esters is 1. The van der Waals surface area contributed by atoms with E-state index in [1.54, 1.807) is 14.1 Å². The molecule has 0 atom stereocenters. The van der Waals surface area contributed by atoms with Crippen molar-refractivity contribution in [2.75, 3.05) is 33.8 Å². The Morgan fingerprint density at radius 2 is 1.80 bits per heavy atom. The van der Waals surface area contributed by atoms with E-state index in [0.717, 1.165) is 38.6 Å². The molecule has 0 bridgehead atoms. The van der Waals surface area contributed by atoms with Crippen molar-refractivity contribution >= 4 is 41.8 Å². The number of amides is 1. The lowest BCUT2D eigenvalue weighted by molar-refractivity contribution is -0.149. The van der Waals surface area contributed by atoms with Crippen LogP contribution in [-0.2, 0) is 14.3 Å². The summed E-state index contributed by atoms with van der Waals surface area (Å²) in [4.78, 5) is 29.4. The third kappa shape index (κ3) is 9.27. The summed E-state index contributed by atoms with van der Waals surface area (Å²) in [5, 5.41) is 6.63. The molecule has 1 rings (SSSR count). The van der Waals surface area contributed by atoms with Crippen molar-refractivity contribution < 1.29 is 14.3 Å². The predicted octanol–water partition coefficient (Wildman–Crippen LogP) is 1.76. The molecule has 0 unspecified atom stereocenters. The van der Waals surface area contributed by atoms with Crippen LogP contribution in [0.25, 0.3) is 0 Å². The van der Waals surface area contributed by atoms with Gasteiger partial charge in [0.15, 0.2) is 5.96 Å². The molecular weight excluding hydrogens is 435 g/mol. The van der Waals surface area contributed by atoms with E-state index in [0.29, 0.717) is 12.6 Å². The van der Waals surface area contributed by atoms with E-state index < -0.39 is 0 Å². The second-order valence-corrected chi connectivity index (χ2v) is 6.32. The molecule has 0 radical (unpaired) electrons. The lowest BCUT2D eigenvalue weighted by Crippen LogP contribution is -2.46. The fourth-order valence-electron chi connectivity index (χ4n) is 2.61. The fraction of sp³-hybridized carbons (Fsp3) is 0.824. The van der Waals surface area contributed by atoms with Gasteiger partial charge in [-0.3, -0.25) is 9.59 Å². The molecule has 1 aliphatic rings. The maximum atomic E-state index is 11.8. The van der Waals surface area contributed by atoms with Crippen molar-refractivity contribution in [2.45, 2.75) is 52.0 Å². The number of halogens is 1. The summed E-state index contributed by atoms with van der Waals surface area (Å²) in [5.41, 5.74) is 0. The minimum absolute atomic E-state index is 0. The number of hydrogen-bond donors (Lipinski definition) is 2. The van der Waals surface area contributed by atoms with Gasteiger partial charge in [-0.05, 0) is 39.0 Å². The Morgan fingerprint density at radius 3 is 2.32 bits per heavy atom. The van der Waals surface area contributed by atoms with Crippen molar-refractivity contribution in [1.82, 2.24) is 15.5 Å². The van der Waals surface area contributed by atoms with E-state index in [1.807, 2.05) is 6.92 Å². The second kappa shape index (κ2) is 13.2. The lowest BCUT2D eigenvalue weighted by atomic mass is 9.86. The number of rotatable bonds is 7. The number of carbonyl (C=O) groups excluding carboxylic acids is 2. The molecule has 0 aliphatic heterocycles. The number of guanidine groups is 1. The number of nitrogens with zero attached hydrogens (tertiary/aromatic N) is 2. The maximum Gasteiger partial charge on any atom is 0.308 e. The smallest absolute Gasteiger partial charge is 0.308 e. The van der Waals surface area contributed by atoms with Crippen molar-refractivity contribution in [3.63, 3.8) is 0 Å². The Balaban J connectivity index is 0.00000576. The maximum absolute atomic E-state index is 11.8. The van der Waals surface area contributed by atoms with E-state index >= 15 is 0 Å². The van der Waals surface area contributed by atoms with E-state index in [2.05, 4.69) is 22.5 Å². The van der Waals surface area contributed by atoms with Gasteiger partial charge in [0.25, 0.3) is 0 Å². The van der Waals surface area contributed by atoms with Crippen molar-refractivity contribution in [3.05, 3.63) is 0 Å². The summed E-state index contributed by atoms with van der Waals surface area (Å²) in [6.45, 7) is 5.29. The number of ether oxygens (including phenoxy) is 1. The number of nitrogens with one attached hydrogen (secondary N) is 2. The van der Waals surface area contributed by atoms with Crippen LogP contribution in [0.2, 0.25) is 0 Å². The molecule has 2 N–H and O–H groups in total. The Bertz CT molecular complexity index is 436. The van der Waals surface area contributed by atoms with Gasteiger partial charge in [0.05, 0.1) is 12.5 Å². The minimum atomic E-state index is -0.0782. The molecule has 146 valence electrons. The third-order valence-corrected chi connectivity index (χ3v) is 4.10. The fourth-order valence-corrected chi connectivity index (χ4v) is 2.61. The molecule has 0 aromatic rings. The van der Waals surface area contributed by atoms with Gasteiger partial charge in [0.2, 0.25) is 5.91 Å². The Morgan fingerprint density at radius 1 is 1.16 bits per heavy atom. The minimum Gasteiger partial charge on any atom is -0.466 e. The van der Waals surface area contributed by atoms with Gasteiger partial charge in [0, 0.05) is 26.7 Å². The summed E-state index contributed by atoms with van der Waals surface area (Å²) in [6.07, 6.45) is 4.44. The van der Waals surface area contributed by atoms with Crippen molar-refractivity contribution in [3.8, 4) is 0 Å². The van der Waals surface area contributed by atoms with E-state index in [-0.39, 0.29) is 54.4 Å². The highest BCUT2D eigenvalue weighted by Crippen LogP contribution is 2.25. The standard InChI is InChI=1S/C17H32N4O3.HI/c1-5-11-18-17(19-12-15(22)21(3)4)20-14-9-7-13(8-10-14)16(23)24-6-2;/h13-14H,5-12H2,1-4H3,(H2,18,19,20);1H. The van der Waals surface area contributed by atoms with Gasteiger partial charge in [0.1, 0.15) is 6.54 Å². The monoisotopic (exact) mass is 468 g/mol. The Kier molecular flexibility index (Phi) is 12.6. The number of aliphatic imine (C=N–C) groups is 1. The average molecular weight is 468 g/mol. The van der Waals surface area contributed by atoms with Crippen LogP contribution in [0.15, 0.2) is 4.99 Å². The Labute approximate surface area is 168 Å². The highest BCUT2D eigenvalue weighted by Gasteiger charge is 2.27. The first-order valence-electron chi connectivity index (χ1n) is 8.89. The summed E-state index contributed by atoms with van der Waals surface area (Å²) < 4.78 is 5.10. The van der Waals surface area contributed by atoms with Crippen LogP contribution in [0.3, 0.4) is 0 Å². The largest absolute Gasteiger partial charge is 0.466 e. The zero-order chi connectivity index (χ0) is 17.9. The highest BCUT2D eigenvalue weighted by atomic mass is 127. The van der Waals surface area contributed by atoms with Gasteiger partial charge in [-0.25, -0.2) is 4.99 Å². The SMILES string of the molecule is CCCNC(=NCC(=O)N(C)C)NC1CCC(C(=O)OCC)CC1.I. The molecule has 25 heavy (non-hydrogen) atoms. The van der Waals surface area contributed by atoms with Crippen LogP contribution in [0.1, 0.15) is 46.0 Å². The number of carbonyl (C=O) groups is 2. The average Bonchev–Trinajstić information content (AvgIpc) is 2.57. The molecule has 0 spiro atoms. The second-order valence-electron chi connectivity index (χ2n) is 6.32. The van der Waals surface area contributed by atoms with Crippen LogP contribution in [0.4, 0.5) is 0 Å². The molecule has 7 nitrogen and oxygen atoms in total. The third-order valence-electron chi connectivity index (χ3n) is 4.10.